The number of carbonyl (C=O) groups is 1. The van der Waals surface area contributed by atoms with Gasteiger partial charge in [-0.25, -0.2) is 0 Å². The van der Waals surface area contributed by atoms with Gasteiger partial charge < -0.3 is 15.4 Å². The van der Waals surface area contributed by atoms with Crippen LogP contribution in [0.15, 0.2) is 18.5 Å². The van der Waals surface area contributed by atoms with Crippen LogP contribution in [-0.2, 0) is 4.74 Å². The fourth-order valence-corrected chi connectivity index (χ4v) is 1.35. The zero-order valence-corrected chi connectivity index (χ0v) is 9.64. The molecule has 0 radical (unpaired) electrons. The third-order valence-corrected chi connectivity index (χ3v) is 2.27. The molecule has 5 heteroatoms. The van der Waals surface area contributed by atoms with E-state index in [1.165, 1.54) is 6.20 Å². The number of rotatable bonds is 5. The van der Waals surface area contributed by atoms with Gasteiger partial charge in [0.05, 0.1) is 17.4 Å². The maximum atomic E-state index is 11.9. The van der Waals surface area contributed by atoms with Crippen LogP contribution >= 0.6 is 0 Å². The quantitative estimate of drug-likeness (QED) is 0.749. The van der Waals surface area contributed by atoms with E-state index in [4.69, 9.17) is 10.5 Å². The van der Waals surface area contributed by atoms with Crippen molar-refractivity contribution >= 4 is 11.6 Å². The summed E-state index contributed by atoms with van der Waals surface area (Å²) in [7, 11) is 3.39. The van der Waals surface area contributed by atoms with Gasteiger partial charge >= 0.3 is 0 Å². The van der Waals surface area contributed by atoms with Crippen molar-refractivity contribution in [1.82, 2.24) is 9.88 Å². The van der Waals surface area contributed by atoms with E-state index in [-0.39, 0.29) is 5.91 Å². The van der Waals surface area contributed by atoms with Crippen molar-refractivity contribution < 1.29 is 9.53 Å². The van der Waals surface area contributed by atoms with Gasteiger partial charge in [-0.15, -0.1) is 0 Å². The van der Waals surface area contributed by atoms with Gasteiger partial charge in [0, 0.05) is 33.5 Å². The summed E-state index contributed by atoms with van der Waals surface area (Å²) in [5.74, 6) is -0.0870. The molecule has 1 heterocycles. The maximum absolute atomic E-state index is 11.9. The molecule has 1 aromatic rings. The average Bonchev–Trinajstić information content (AvgIpc) is 2.29. The molecule has 2 N–H and O–H groups in total. The molecule has 0 saturated heterocycles. The van der Waals surface area contributed by atoms with E-state index in [2.05, 4.69) is 4.98 Å². The minimum absolute atomic E-state index is 0.0870. The van der Waals surface area contributed by atoms with Gasteiger partial charge in [0.25, 0.3) is 5.91 Å². The van der Waals surface area contributed by atoms with Crippen LogP contribution in [0.1, 0.15) is 16.8 Å². The van der Waals surface area contributed by atoms with Crippen LogP contribution in [0.25, 0.3) is 0 Å². The van der Waals surface area contributed by atoms with Crippen LogP contribution < -0.4 is 5.73 Å². The van der Waals surface area contributed by atoms with E-state index < -0.39 is 0 Å². The fraction of sp³-hybridized carbons (Fsp3) is 0.455. The molecule has 16 heavy (non-hydrogen) atoms. The number of carbonyl (C=O) groups excluding carboxylic acids is 1. The van der Waals surface area contributed by atoms with Gasteiger partial charge in [0.15, 0.2) is 0 Å². The highest BCUT2D eigenvalue weighted by molar-refractivity contribution is 5.98. The number of anilines is 1. The number of nitrogen functional groups attached to an aromatic ring is 1. The molecule has 0 unspecified atom stereocenters. The molecule has 0 aromatic carbocycles. The summed E-state index contributed by atoms with van der Waals surface area (Å²) >= 11 is 0. The lowest BCUT2D eigenvalue weighted by Gasteiger charge is -2.17. The van der Waals surface area contributed by atoms with Crippen LogP contribution in [0, 0.1) is 0 Å². The Morgan fingerprint density at radius 2 is 2.38 bits per heavy atom. The van der Waals surface area contributed by atoms with E-state index in [1.807, 2.05) is 0 Å². The predicted octanol–water partition coefficient (Wildman–Crippen LogP) is 0.772. The van der Waals surface area contributed by atoms with Gasteiger partial charge in [-0.3, -0.25) is 9.78 Å². The lowest BCUT2D eigenvalue weighted by molar-refractivity contribution is 0.0780. The van der Waals surface area contributed by atoms with Gasteiger partial charge in [-0.2, -0.15) is 0 Å². The molecule has 1 amide bonds. The fourth-order valence-electron chi connectivity index (χ4n) is 1.35. The first kappa shape index (κ1) is 12.4. The van der Waals surface area contributed by atoms with Crippen LogP contribution in [-0.4, -0.2) is 43.1 Å². The molecule has 0 aliphatic heterocycles. The second-order valence-electron chi connectivity index (χ2n) is 3.54. The maximum Gasteiger partial charge on any atom is 0.255 e. The third-order valence-electron chi connectivity index (χ3n) is 2.27. The number of hydrogen-bond acceptors (Lipinski definition) is 4. The highest BCUT2D eigenvalue weighted by atomic mass is 16.5. The Morgan fingerprint density at radius 3 is 3.00 bits per heavy atom. The molecule has 0 fully saturated rings. The van der Waals surface area contributed by atoms with E-state index >= 15 is 0 Å². The lowest BCUT2D eigenvalue weighted by Crippen LogP contribution is -2.29. The highest BCUT2D eigenvalue weighted by Crippen LogP contribution is 2.11. The second kappa shape index (κ2) is 6.07. The second-order valence-corrected chi connectivity index (χ2v) is 3.54. The van der Waals surface area contributed by atoms with Crippen LogP contribution in [0.3, 0.4) is 0 Å². The molecule has 0 spiro atoms. The number of nitrogens with zero attached hydrogens (tertiary/aromatic N) is 2. The number of nitrogens with two attached hydrogens (primary N) is 1. The summed E-state index contributed by atoms with van der Waals surface area (Å²) in [6.07, 6.45) is 3.85. The Morgan fingerprint density at radius 1 is 1.62 bits per heavy atom. The normalized spacial score (nSPS) is 10.1. The molecule has 0 saturated carbocycles. The van der Waals surface area contributed by atoms with Crippen molar-refractivity contribution in [2.45, 2.75) is 6.42 Å². The minimum Gasteiger partial charge on any atom is -0.397 e. The van der Waals surface area contributed by atoms with Gasteiger partial charge in [0.1, 0.15) is 0 Å². The molecule has 0 aliphatic carbocycles. The smallest absolute Gasteiger partial charge is 0.255 e. The Labute approximate surface area is 95.2 Å². The van der Waals surface area contributed by atoms with Crippen LogP contribution in [0.2, 0.25) is 0 Å². The van der Waals surface area contributed by atoms with E-state index in [0.717, 1.165) is 6.42 Å². The van der Waals surface area contributed by atoms with Crippen molar-refractivity contribution in [2.24, 2.45) is 0 Å². The number of hydrogen-bond donors (Lipinski definition) is 1. The summed E-state index contributed by atoms with van der Waals surface area (Å²) < 4.78 is 4.93. The zero-order chi connectivity index (χ0) is 12.0. The molecular weight excluding hydrogens is 206 g/mol. The van der Waals surface area contributed by atoms with Crippen molar-refractivity contribution in [3.63, 3.8) is 0 Å². The number of ether oxygens (including phenoxy) is 1. The Kier molecular flexibility index (Phi) is 4.72. The van der Waals surface area contributed by atoms with Gasteiger partial charge in [0.2, 0.25) is 0 Å². The SMILES string of the molecule is COCCCN(C)C(=O)c1ccncc1N. The Bertz CT molecular complexity index is 355. The Hall–Kier alpha value is -1.62. The van der Waals surface area contributed by atoms with E-state index in [0.29, 0.717) is 24.4 Å². The number of amides is 1. The molecule has 0 atom stereocenters. The number of pyridine rings is 1. The molecular formula is C11H17N3O2. The molecule has 0 aliphatic rings. The number of methoxy groups -OCH3 is 1. The first-order chi connectivity index (χ1) is 7.66. The van der Waals surface area contributed by atoms with Crippen molar-refractivity contribution in [2.75, 3.05) is 33.0 Å². The standard InChI is InChI=1S/C11H17N3O2/c1-14(6-3-7-16-2)11(15)9-4-5-13-8-10(9)12/h4-5,8H,3,6-7,12H2,1-2H3. The van der Waals surface area contributed by atoms with Crippen molar-refractivity contribution in [1.29, 1.82) is 0 Å². The number of aromatic nitrogens is 1. The molecule has 1 aromatic heterocycles. The molecule has 5 nitrogen and oxygen atoms in total. The molecule has 0 bridgehead atoms. The summed E-state index contributed by atoms with van der Waals surface area (Å²) in [5.41, 5.74) is 6.58. The topological polar surface area (TPSA) is 68.5 Å². The summed E-state index contributed by atoms with van der Waals surface area (Å²) in [5, 5.41) is 0. The monoisotopic (exact) mass is 223 g/mol. The Balaban J connectivity index is 2.60. The van der Waals surface area contributed by atoms with Gasteiger partial charge in [-0.1, -0.05) is 0 Å². The first-order valence-electron chi connectivity index (χ1n) is 5.10. The lowest BCUT2D eigenvalue weighted by atomic mass is 10.2. The van der Waals surface area contributed by atoms with Gasteiger partial charge in [-0.05, 0) is 12.5 Å². The van der Waals surface area contributed by atoms with Crippen LogP contribution in [0.5, 0.6) is 0 Å². The molecule has 1 rings (SSSR count). The first-order valence-corrected chi connectivity index (χ1v) is 5.10. The minimum atomic E-state index is -0.0870. The summed E-state index contributed by atoms with van der Waals surface area (Å²) in [6.45, 7) is 1.29. The van der Waals surface area contributed by atoms with E-state index in [1.54, 1.807) is 31.3 Å². The zero-order valence-electron chi connectivity index (χ0n) is 9.64. The molecule has 88 valence electrons. The average molecular weight is 223 g/mol. The summed E-state index contributed by atoms with van der Waals surface area (Å²) in [6, 6.07) is 1.63. The van der Waals surface area contributed by atoms with Crippen molar-refractivity contribution in [3.8, 4) is 0 Å². The third kappa shape index (κ3) is 3.20. The predicted molar refractivity (Wildman–Crippen MR) is 62.1 cm³/mol. The largest absolute Gasteiger partial charge is 0.397 e. The van der Waals surface area contributed by atoms with E-state index in [9.17, 15) is 4.79 Å². The highest BCUT2D eigenvalue weighted by Gasteiger charge is 2.13. The summed E-state index contributed by atoms with van der Waals surface area (Å²) in [4.78, 5) is 17.4. The van der Waals surface area contributed by atoms with Crippen molar-refractivity contribution in [3.05, 3.63) is 24.0 Å². The van der Waals surface area contributed by atoms with Crippen LogP contribution in [0.4, 0.5) is 5.69 Å².